The van der Waals surface area contributed by atoms with Crippen LogP contribution in [0, 0.1) is 14.9 Å². The molecule has 0 bridgehead atoms. The lowest BCUT2D eigenvalue weighted by Gasteiger charge is -1.95. The minimum Gasteiger partial charge on any atom is -0.329 e. The number of hydrogen-bond donors (Lipinski definition) is 1. The lowest BCUT2D eigenvalue weighted by Crippen LogP contribution is -1.90. The summed E-state index contributed by atoms with van der Waals surface area (Å²) in [5, 5.41) is 15.2. The van der Waals surface area contributed by atoms with Crippen molar-refractivity contribution in [2.45, 2.75) is 0 Å². The van der Waals surface area contributed by atoms with Crippen molar-refractivity contribution in [1.29, 1.82) is 0 Å². The summed E-state index contributed by atoms with van der Waals surface area (Å²) in [6, 6.07) is 16.3. The summed E-state index contributed by atoms with van der Waals surface area (Å²) in [5.41, 5.74) is 2.45. The van der Waals surface area contributed by atoms with Gasteiger partial charge in [0, 0.05) is 12.3 Å². The van der Waals surface area contributed by atoms with Crippen molar-refractivity contribution in [2.75, 3.05) is 0 Å². The summed E-state index contributed by atoms with van der Waals surface area (Å²) >= 11 is 5.25. The molecule has 6 nitrogen and oxygen atoms in total. The van der Waals surface area contributed by atoms with Crippen molar-refractivity contribution in [3.8, 4) is 11.3 Å². The molecular formula is C18H14N4O2S. The van der Waals surface area contributed by atoms with Crippen LogP contribution in [-0.4, -0.2) is 20.8 Å². The van der Waals surface area contributed by atoms with E-state index in [2.05, 4.69) is 10.1 Å². The van der Waals surface area contributed by atoms with Crippen LogP contribution in [0.5, 0.6) is 0 Å². The van der Waals surface area contributed by atoms with Crippen molar-refractivity contribution in [2.24, 2.45) is 5.10 Å². The molecule has 124 valence electrons. The van der Waals surface area contributed by atoms with Crippen LogP contribution in [0.1, 0.15) is 5.56 Å². The Labute approximate surface area is 148 Å². The molecule has 1 N–H and O–H groups in total. The molecule has 25 heavy (non-hydrogen) atoms. The van der Waals surface area contributed by atoms with Gasteiger partial charge in [-0.25, -0.2) is 4.68 Å². The quantitative estimate of drug-likeness (QED) is 0.314. The molecule has 1 aromatic heterocycles. The molecule has 3 aromatic rings. The number of para-hydroxylation sites is 1. The highest BCUT2D eigenvalue weighted by Gasteiger charge is 2.08. The number of nitro benzene ring substituents is 1. The van der Waals surface area contributed by atoms with E-state index < -0.39 is 4.92 Å². The average Bonchev–Trinajstić information content (AvgIpc) is 3.00. The summed E-state index contributed by atoms with van der Waals surface area (Å²) in [7, 11) is 0. The Morgan fingerprint density at radius 1 is 1.12 bits per heavy atom. The molecular weight excluding hydrogens is 336 g/mol. The third-order valence-corrected chi connectivity index (χ3v) is 3.76. The number of aromatic amines is 1. The van der Waals surface area contributed by atoms with Gasteiger partial charge in [0.05, 0.1) is 22.4 Å². The zero-order chi connectivity index (χ0) is 17.6. The normalized spacial score (nSPS) is 11.4. The van der Waals surface area contributed by atoms with E-state index in [1.165, 1.54) is 12.3 Å². The Kier molecular flexibility index (Phi) is 4.96. The number of nitrogens with one attached hydrogen (secondary N) is 1. The Morgan fingerprint density at radius 2 is 1.84 bits per heavy atom. The second kappa shape index (κ2) is 7.50. The monoisotopic (exact) mass is 350 g/mol. The summed E-state index contributed by atoms with van der Waals surface area (Å²) in [6.07, 6.45) is 6.61. The lowest BCUT2D eigenvalue weighted by atomic mass is 10.2. The number of allylic oxidation sites excluding steroid dienone is 1. The van der Waals surface area contributed by atoms with E-state index in [9.17, 15) is 10.1 Å². The van der Waals surface area contributed by atoms with Crippen molar-refractivity contribution < 1.29 is 4.92 Å². The summed E-state index contributed by atoms with van der Waals surface area (Å²) in [5.74, 6) is 0. The highest BCUT2D eigenvalue weighted by Crippen LogP contribution is 2.19. The lowest BCUT2D eigenvalue weighted by molar-refractivity contribution is -0.385. The molecule has 0 unspecified atom stereocenters. The van der Waals surface area contributed by atoms with Gasteiger partial charge in [-0.1, -0.05) is 42.5 Å². The Morgan fingerprint density at radius 3 is 2.60 bits per heavy atom. The van der Waals surface area contributed by atoms with Gasteiger partial charge in [-0.15, -0.1) is 0 Å². The number of nitro groups is 1. The topological polar surface area (TPSA) is 76.2 Å². The Bertz CT molecular complexity index is 1000. The fourth-order valence-corrected chi connectivity index (χ4v) is 2.50. The maximum atomic E-state index is 11.0. The van der Waals surface area contributed by atoms with Gasteiger partial charge in [0.1, 0.15) is 0 Å². The predicted octanol–water partition coefficient (Wildman–Crippen LogP) is 4.67. The van der Waals surface area contributed by atoms with Crippen molar-refractivity contribution >= 4 is 30.2 Å². The van der Waals surface area contributed by atoms with E-state index in [-0.39, 0.29) is 5.69 Å². The first-order valence-electron chi connectivity index (χ1n) is 7.46. The van der Waals surface area contributed by atoms with Crippen LogP contribution in [0.15, 0.2) is 72.0 Å². The highest BCUT2D eigenvalue weighted by atomic mass is 32.1. The molecule has 3 rings (SSSR count). The average molecular weight is 350 g/mol. The largest absolute Gasteiger partial charge is 0.329 e. The van der Waals surface area contributed by atoms with Gasteiger partial charge < -0.3 is 4.98 Å². The second-order valence-electron chi connectivity index (χ2n) is 5.12. The van der Waals surface area contributed by atoms with Crippen molar-refractivity contribution in [3.05, 3.63) is 87.3 Å². The van der Waals surface area contributed by atoms with Gasteiger partial charge in [0.25, 0.3) is 5.69 Å². The van der Waals surface area contributed by atoms with Crippen LogP contribution in [0.3, 0.4) is 0 Å². The number of aromatic nitrogens is 2. The van der Waals surface area contributed by atoms with Gasteiger partial charge in [0.15, 0.2) is 4.77 Å². The first kappa shape index (κ1) is 16.5. The van der Waals surface area contributed by atoms with Crippen LogP contribution >= 0.6 is 12.2 Å². The molecule has 0 fully saturated rings. The highest BCUT2D eigenvalue weighted by molar-refractivity contribution is 7.71. The molecule has 0 spiro atoms. The first-order valence-corrected chi connectivity index (χ1v) is 7.87. The minimum absolute atomic E-state index is 0.0526. The SMILES string of the molecule is O=[N+]([O-])c1ccccc1C=CC=Nn1cc(-c2ccccc2)[nH]c1=S. The van der Waals surface area contributed by atoms with Crippen molar-refractivity contribution in [1.82, 2.24) is 9.66 Å². The van der Waals surface area contributed by atoms with E-state index in [4.69, 9.17) is 12.2 Å². The van der Waals surface area contributed by atoms with Gasteiger partial charge in [0.2, 0.25) is 0 Å². The minimum atomic E-state index is -0.412. The predicted molar refractivity (Wildman–Crippen MR) is 101 cm³/mol. The van der Waals surface area contributed by atoms with E-state index in [0.29, 0.717) is 10.3 Å². The summed E-state index contributed by atoms with van der Waals surface area (Å²) in [4.78, 5) is 13.7. The van der Waals surface area contributed by atoms with Crippen LogP contribution in [0.2, 0.25) is 0 Å². The Hall–Kier alpha value is -3.32. The van der Waals surface area contributed by atoms with Crippen LogP contribution in [-0.2, 0) is 0 Å². The standard InChI is InChI=1S/C18H14N4O2S/c23-22(24)17-11-5-4-9-15(17)10-6-12-19-21-13-16(20-18(21)25)14-7-2-1-3-8-14/h1-13H,(H,20,25). The third-order valence-electron chi connectivity index (χ3n) is 3.47. The van der Waals surface area contributed by atoms with Gasteiger partial charge >= 0.3 is 0 Å². The van der Waals surface area contributed by atoms with Gasteiger partial charge in [-0.2, -0.15) is 5.10 Å². The van der Waals surface area contributed by atoms with Gasteiger partial charge in [-0.3, -0.25) is 10.1 Å². The summed E-state index contributed by atoms with van der Waals surface area (Å²) < 4.78 is 2.01. The molecule has 7 heteroatoms. The van der Waals surface area contributed by atoms with Gasteiger partial charge in [-0.05, 0) is 36.0 Å². The van der Waals surface area contributed by atoms with E-state index in [1.54, 1.807) is 41.2 Å². The molecule has 0 saturated carbocycles. The molecule has 0 aliphatic carbocycles. The number of rotatable bonds is 5. The maximum absolute atomic E-state index is 11.0. The van der Waals surface area contributed by atoms with Crippen LogP contribution in [0.25, 0.3) is 17.3 Å². The first-order chi connectivity index (χ1) is 12.1. The number of benzene rings is 2. The van der Waals surface area contributed by atoms with E-state index in [0.717, 1.165) is 11.3 Å². The molecule has 0 amide bonds. The molecule has 0 aliphatic rings. The number of H-pyrrole nitrogens is 1. The molecule has 0 saturated heterocycles. The van der Waals surface area contributed by atoms with Crippen LogP contribution < -0.4 is 0 Å². The molecule has 1 heterocycles. The maximum Gasteiger partial charge on any atom is 0.276 e. The fraction of sp³-hybridized carbons (Fsp3) is 0. The number of hydrogen-bond acceptors (Lipinski definition) is 4. The third kappa shape index (κ3) is 3.96. The van der Waals surface area contributed by atoms with Crippen LogP contribution in [0.4, 0.5) is 5.69 Å². The Balaban J connectivity index is 1.79. The smallest absolute Gasteiger partial charge is 0.276 e. The molecule has 2 aromatic carbocycles. The second-order valence-corrected chi connectivity index (χ2v) is 5.51. The van der Waals surface area contributed by atoms with Crippen molar-refractivity contribution in [3.63, 3.8) is 0 Å². The number of imidazole rings is 1. The molecule has 0 atom stereocenters. The molecule has 0 aliphatic heterocycles. The summed E-state index contributed by atoms with van der Waals surface area (Å²) in [6.45, 7) is 0. The molecule has 0 radical (unpaired) electrons. The van der Waals surface area contributed by atoms with E-state index >= 15 is 0 Å². The zero-order valence-corrected chi connectivity index (χ0v) is 13.9. The van der Waals surface area contributed by atoms with E-state index in [1.807, 2.05) is 30.3 Å². The fourth-order valence-electron chi connectivity index (χ4n) is 2.29. The number of nitrogens with zero attached hydrogens (tertiary/aromatic N) is 3. The zero-order valence-electron chi connectivity index (χ0n) is 13.1.